The van der Waals surface area contributed by atoms with Gasteiger partial charge in [-0.25, -0.2) is 0 Å². The first-order valence-corrected chi connectivity index (χ1v) is 8.29. The fourth-order valence-corrected chi connectivity index (χ4v) is 2.87. The lowest BCUT2D eigenvalue weighted by Gasteiger charge is -2.34. The van der Waals surface area contributed by atoms with Gasteiger partial charge >= 0.3 is 0 Å². The number of anilines is 2. The Balaban J connectivity index is 2.02. The molecule has 1 aliphatic rings. The van der Waals surface area contributed by atoms with Gasteiger partial charge < -0.3 is 10.2 Å². The van der Waals surface area contributed by atoms with Crippen LogP contribution in [0.4, 0.5) is 11.4 Å². The maximum atomic E-state index is 12.2. The van der Waals surface area contributed by atoms with Crippen LogP contribution in [0.25, 0.3) is 0 Å². The van der Waals surface area contributed by atoms with Gasteiger partial charge in [0.15, 0.2) is 4.33 Å². The summed E-state index contributed by atoms with van der Waals surface area (Å²) in [5.74, 6) is -0.286. The largest absolute Gasteiger partial charge is 0.326 e. The molecular formula is C16H20Cl2N2O2. The van der Waals surface area contributed by atoms with Gasteiger partial charge in [0.1, 0.15) is 0 Å². The molecule has 0 radical (unpaired) electrons. The van der Waals surface area contributed by atoms with E-state index in [4.69, 9.17) is 23.2 Å². The number of amides is 2. The molecule has 0 atom stereocenters. The molecule has 1 saturated heterocycles. The first-order valence-electron chi connectivity index (χ1n) is 7.54. The van der Waals surface area contributed by atoms with Crippen molar-refractivity contribution in [1.82, 2.24) is 0 Å². The summed E-state index contributed by atoms with van der Waals surface area (Å²) in [4.78, 5) is 25.5. The van der Waals surface area contributed by atoms with Crippen molar-refractivity contribution in [3.05, 3.63) is 24.3 Å². The van der Waals surface area contributed by atoms with E-state index in [1.807, 2.05) is 6.92 Å². The highest BCUT2D eigenvalue weighted by atomic mass is 35.5. The molecule has 2 rings (SSSR count). The third-order valence-corrected chi connectivity index (χ3v) is 4.35. The Kier molecular flexibility index (Phi) is 5.70. The van der Waals surface area contributed by atoms with Crippen molar-refractivity contribution in [2.45, 2.75) is 43.4 Å². The quantitative estimate of drug-likeness (QED) is 0.818. The zero-order valence-electron chi connectivity index (χ0n) is 12.6. The molecule has 0 bridgehead atoms. The minimum absolute atomic E-state index is 0.00387. The Labute approximate surface area is 140 Å². The van der Waals surface area contributed by atoms with E-state index in [-0.39, 0.29) is 11.8 Å². The summed E-state index contributed by atoms with van der Waals surface area (Å²) in [6.45, 7) is 2.65. The highest BCUT2D eigenvalue weighted by Gasteiger charge is 2.41. The second-order valence-corrected chi connectivity index (χ2v) is 6.95. The normalized spacial score (nSPS) is 17.4. The third kappa shape index (κ3) is 4.14. The standard InChI is InChI=1S/C16H20Cl2N2O2/c1-2-3-5-14(21)19-12-6-8-13(9-7-12)20-11-4-10-16(17,18)15(20)22/h6-9H,2-5,10-11H2,1H3,(H,19,21). The summed E-state index contributed by atoms with van der Waals surface area (Å²) >= 11 is 12.1. The molecular weight excluding hydrogens is 323 g/mol. The number of alkyl halides is 2. The molecule has 2 amide bonds. The van der Waals surface area contributed by atoms with Crippen molar-refractivity contribution >= 4 is 46.4 Å². The number of hydrogen-bond acceptors (Lipinski definition) is 2. The van der Waals surface area contributed by atoms with Gasteiger partial charge in [-0.3, -0.25) is 9.59 Å². The van der Waals surface area contributed by atoms with E-state index >= 15 is 0 Å². The Morgan fingerprint density at radius 2 is 2.00 bits per heavy atom. The van der Waals surface area contributed by atoms with Crippen molar-refractivity contribution in [2.24, 2.45) is 0 Å². The summed E-state index contributed by atoms with van der Waals surface area (Å²) in [5.41, 5.74) is 1.46. The predicted molar refractivity (Wildman–Crippen MR) is 90.6 cm³/mol. The molecule has 1 fully saturated rings. The smallest absolute Gasteiger partial charge is 0.263 e. The van der Waals surface area contributed by atoms with Crippen LogP contribution in [-0.2, 0) is 9.59 Å². The lowest BCUT2D eigenvalue weighted by Crippen LogP contribution is -2.47. The number of nitrogens with zero attached hydrogens (tertiary/aromatic N) is 1. The predicted octanol–water partition coefficient (Wildman–Crippen LogP) is 4.12. The number of halogens is 2. The zero-order valence-corrected chi connectivity index (χ0v) is 14.1. The van der Waals surface area contributed by atoms with Crippen LogP contribution in [0.2, 0.25) is 0 Å². The van der Waals surface area contributed by atoms with Crippen molar-refractivity contribution < 1.29 is 9.59 Å². The summed E-state index contributed by atoms with van der Waals surface area (Å²) in [5, 5.41) is 2.84. The van der Waals surface area contributed by atoms with Gasteiger partial charge in [0.2, 0.25) is 5.91 Å². The van der Waals surface area contributed by atoms with E-state index in [1.165, 1.54) is 0 Å². The Morgan fingerprint density at radius 1 is 1.32 bits per heavy atom. The molecule has 120 valence electrons. The van der Waals surface area contributed by atoms with Gasteiger partial charge in [0.05, 0.1) is 0 Å². The molecule has 1 aliphatic heterocycles. The van der Waals surface area contributed by atoms with Crippen molar-refractivity contribution in [2.75, 3.05) is 16.8 Å². The van der Waals surface area contributed by atoms with E-state index < -0.39 is 4.33 Å². The van der Waals surface area contributed by atoms with Gasteiger partial charge in [0.25, 0.3) is 5.91 Å². The lowest BCUT2D eigenvalue weighted by molar-refractivity contribution is -0.120. The molecule has 1 heterocycles. The van der Waals surface area contributed by atoms with E-state index in [2.05, 4.69) is 5.32 Å². The number of unbranched alkanes of at least 4 members (excludes halogenated alkanes) is 1. The van der Waals surface area contributed by atoms with Gasteiger partial charge in [-0.2, -0.15) is 0 Å². The van der Waals surface area contributed by atoms with Crippen LogP contribution >= 0.6 is 23.2 Å². The van der Waals surface area contributed by atoms with Crippen LogP contribution in [0, 0.1) is 0 Å². The van der Waals surface area contributed by atoms with Crippen LogP contribution in [0.1, 0.15) is 39.0 Å². The van der Waals surface area contributed by atoms with Gasteiger partial charge in [0, 0.05) is 24.3 Å². The van der Waals surface area contributed by atoms with Gasteiger partial charge in [-0.15, -0.1) is 0 Å². The highest BCUT2D eigenvalue weighted by Crippen LogP contribution is 2.35. The molecule has 6 heteroatoms. The second-order valence-electron chi connectivity index (χ2n) is 5.46. The first kappa shape index (κ1) is 17.1. The van der Waals surface area contributed by atoms with Crippen molar-refractivity contribution in [3.8, 4) is 0 Å². The molecule has 0 aliphatic carbocycles. The summed E-state index contributed by atoms with van der Waals surface area (Å²) in [7, 11) is 0. The number of carbonyl (C=O) groups excluding carboxylic acids is 2. The number of rotatable bonds is 5. The van der Waals surface area contributed by atoms with E-state index in [9.17, 15) is 9.59 Å². The fraction of sp³-hybridized carbons (Fsp3) is 0.500. The van der Waals surface area contributed by atoms with Crippen molar-refractivity contribution in [1.29, 1.82) is 0 Å². The number of piperidine rings is 1. The molecule has 0 saturated carbocycles. The molecule has 1 aromatic carbocycles. The highest BCUT2D eigenvalue weighted by molar-refractivity contribution is 6.59. The Morgan fingerprint density at radius 3 is 2.64 bits per heavy atom. The number of carbonyl (C=O) groups is 2. The summed E-state index contributed by atoms with van der Waals surface area (Å²) in [6.07, 6.45) is 3.61. The SMILES string of the molecule is CCCCC(=O)Nc1ccc(N2CCCC(Cl)(Cl)C2=O)cc1. The first-order chi connectivity index (χ1) is 10.4. The second kappa shape index (κ2) is 7.34. The molecule has 4 nitrogen and oxygen atoms in total. The van der Waals surface area contributed by atoms with Crippen LogP contribution < -0.4 is 10.2 Å². The third-order valence-electron chi connectivity index (χ3n) is 3.65. The zero-order chi connectivity index (χ0) is 16.2. The number of benzene rings is 1. The van der Waals surface area contributed by atoms with E-state index in [0.717, 1.165) is 30.6 Å². The molecule has 0 spiro atoms. The number of nitrogens with one attached hydrogen (secondary N) is 1. The molecule has 22 heavy (non-hydrogen) atoms. The van der Waals surface area contributed by atoms with E-state index in [0.29, 0.717) is 19.4 Å². The monoisotopic (exact) mass is 342 g/mol. The van der Waals surface area contributed by atoms with Crippen molar-refractivity contribution in [3.63, 3.8) is 0 Å². The average Bonchev–Trinajstić information content (AvgIpc) is 2.49. The van der Waals surface area contributed by atoms with E-state index in [1.54, 1.807) is 29.2 Å². The summed E-state index contributed by atoms with van der Waals surface area (Å²) < 4.78 is -1.34. The topological polar surface area (TPSA) is 49.4 Å². The van der Waals surface area contributed by atoms with Gasteiger partial charge in [-0.05, 0) is 43.5 Å². The number of hydrogen-bond donors (Lipinski definition) is 1. The fourth-order valence-electron chi connectivity index (χ4n) is 2.40. The van der Waals surface area contributed by atoms with Gasteiger partial charge in [-0.1, -0.05) is 36.5 Å². The Hall–Kier alpha value is -1.26. The van der Waals surface area contributed by atoms with Crippen LogP contribution in [0.5, 0.6) is 0 Å². The summed E-state index contributed by atoms with van der Waals surface area (Å²) in [6, 6.07) is 7.15. The maximum absolute atomic E-state index is 12.2. The molecule has 0 aromatic heterocycles. The lowest BCUT2D eigenvalue weighted by atomic mass is 10.1. The molecule has 0 unspecified atom stereocenters. The average molecular weight is 343 g/mol. The minimum atomic E-state index is -1.34. The Bertz CT molecular complexity index is 544. The minimum Gasteiger partial charge on any atom is -0.326 e. The molecule has 1 N–H and O–H groups in total. The molecule has 1 aromatic rings. The van der Waals surface area contributed by atoms with Crippen LogP contribution in [0.3, 0.4) is 0 Å². The van der Waals surface area contributed by atoms with Crippen LogP contribution in [-0.4, -0.2) is 22.7 Å². The van der Waals surface area contributed by atoms with Crippen LogP contribution in [0.15, 0.2) is 24.3 Å². The maximum Gasteiger partial charge on any atom is 0.263 e.